The van der Waals surface area contributed by atoms with E-state index in [1.165, 1.54) is 16.7 Å². The molecular formula is C18H21ClO2. The van der Waals surface area contributed by atoms with E-state index in [0.717, 1.165) is 12.8 Å². The second kappa shape index (κ2) is 9.19. The van der Waals surface area contributed by atoms with Gasteiger partial charge < -0.3 is 4.74 Å². The van der Waals surface area contributed by atoms with Crippen molar-refractivity contribution in [3.05, 3.63) is 60.2 Å². The van der Waals surface area contributed by atoms with Crippen LogP contribution in [0.15, 0.2) is 54.6 Å². The predicted octanol–water partition coefficient (Wildman–Crippen LogP) is 4.66. The van der Waals surface area contributed by atoms with Crippen LogP contribution in [0, 0.1) is 0 Å². The Morgan fingerprint density at radius 2 is 1.57 bits per heavy atom. The lowest BCUT2D eigenvalue weighted by atomic mass is 10.0. The van der Waals surface area contributed by atoms with E-state index in [9.17, 15) is 4.79 Å². The topological polar surface area (TPSA) is 26.3 Å². The van der Waals surface area contributed by atoms with Crippen molar-refractivity contribution < 1.29 is 9.53 Å². The lowest BCUT2D eigenvalue weighted by Crippen LogP contribution is -2.03. The van der Waals surface area contributed by atoms with Crippen LogP contribution in [0.4, 0.5) is 0 Å². The van der Waals surface area contributed by atoms with Gasteiger partial charge in [0.2, 0.25) is 0 Å². The van der Waals surface area contributed by atoms with Crippen LogP contribution in [0.25, 0.3) is 11.1 Å². The molecule has 21 heavy (non-hydrogen) atoms. The van der Waals surface area contributed by atoms with Crippen LogP contribution in [-0.2, 0) is 16.0 Å². The summed E-state index contributed by atoms with van der Waals surface area (Å²) in [5.41, 5.74) is 3.71. The zero-order chi connectivity index (χ0) is 14.2. The van der Waals surface area contributed by atoms with Gasteiger partial charge in [0.05, 0.1) is 6.61 Å². The summed E-state index contributed by atoms with van der Waals surface area (Å²) in [5.74, 6) is -0.103. The molecule has 0 atom stereocenters. The molecule has 0 bridgehead atoms. The Morgan fingerprint density at radius 3 is 2.19 bits per heavy atom. The van der Waals surface area contributed by atoms with Gasteiger partial charge >= 0.3 is 5.97 Å². The summed E-state index contributed by atoms with van der Waals surface area (Å²) < 4.78 is 4.92. The third kappa shape index (κ3) is 5.60. The summed E-state index contributed by atoms with van der Waals surface area (Å²) in [7, 11) is 0. The lowest BCUT2D eigenvalue weighted by Gasteiger charge is -2.05. The van der Waals surface area contributed by atoms with Crippen LogP contribution in [0.5, 0.6) is 0 Å². The molecule has 2 aromatic rings. The van der Waals surface area contributed by atoms with E-state index in [1.807, 2.05) is 25.1 Å². The third-order valence-electron chi connectivity index (χ3n) is 3.21. The lowest BCUT2D eigenvalue weighted by molar-refractivity contribution is -0.143. The summed E-state index contributed by atoms with van der Waals surface area (Å²) in [6.45, 7) is 2.30. The van der Waals surface area contributed by atoms with Crippen molar-refractivity contribution in [1.29, 1.82) is 0 Å². The number of halogens is 1. The molecule has 0 radical (unpaired) electrons. The molecule has 0 amide bonds. The maximum Gasteiger partial charge on any atom is 0.305 e. The van der Waals surface area contributed by atoms with Crippen LogP contribution in [0.2, 0.25) is 0 Å². The number of ether oxygens (including phenoxy) is 1. The van der Waals surface area contributed by atoms with Crippen LogP contribution >= 0.6 is 12.4 Å². The van der Waals surface area contributed by atoms with Gasteiger partial charge in [0.25, 0.3) is 0 Å². The van der Waals surface area contributed by atoms with Crippen molar-refractivity contribution in [2.75, 3.05) is 6.61 Å². The summed E-state index contributed by atoms with van der Waals surface area (Å²) in [4.78, 5) is 11.3. The summed E-state index contributed by atoms with van der Waals surface area (Å²) >= 11 is 0. The van der Waals surface area contributed by atoms with Crippen molar-refractivity contribution in [3.8, 4) is 11.1 Å². The molecule has 0 fully saturated rings. The molecule has 0 heterocycles. The highest BCUT2D eigenvalue weighted by atomic mass is 35.5. The van der Waals surface area contributed by atoms with Gasteiger partial charge in [0, 0.05) is 6.42 Å². The highest BCUT2D eigenvalue weighted by molar-refractivity contribution is 5.85. The molecule has 3 heteroatoms. The van der Waals surface area contributed by atoms with Crippen molar-refractivity contribution in [1.82, 2.24) is 0 Å². The second-order valence-electron chi connectivity index (χ2n) is 4.72. The molecule has 2 aromatic carbocycles. The number of benzene rings is 2. The number of hydrogen-bond acceptors (Lipinski definition) is 2. The van der Waals surface area contributed by atoms with Gasteiger partial charge in [-0.05, 0) is 36.5 Å². The molecule has 112 valence electrons. The SMILES string of the molecule is CCOC(=O)CCCc1ccc(-c2ccccc2)cc1.Cl. The van der Waals surface area contributed by atoms with Crippen molar-refractivity contribution in [2.24, 2.45) is 0 Å². The Labute approximate surface area is 132 Å². The molecular weight excluding hydrogens is 284 g/mol. The van der Waals surface area contributed by atoms with Crippen molar-refractivity contribution in [2.45, 2.75) is 26.2 Å². The quantitative estimate of drug-likeness (QED) is 0.725. The number of rotatable bonds is 6. The Morgan fingerprint density at radius 1 is 0.952 bits per heavy atom. The smallest absolute Gasteiger partial charge is 0.305 e. The van der Waals surface area contributed by atoms with Gasteiger partial charge in [-0.25, -0.2) is 0 Å². The zero-order valence-electron chi connectivity index (χ0n) is 12.2. The van der Waals surface area contributed by atoms with E-state index < -0.39 is 0 Å². The number of carbonyl (C=O) groups is 1. The standard InChI is InChI=1S/C18H20O2.ClH/c1-2-20-18(19)10-6-7-15-11-13-17(14-12-15)16-8-4-3-5-9-16;/h3-5,8-9,11-14H,2,6-7,10H2,1H3;1H. The minimum absolute atomic E-state index is 0. The first-order chi connectivity index (χ1) is 9.79. The first-order valence-electron chi connectivity index (χ1n) is 7.09. The van der Waals surface area contributed by atoms with Gasteiger partial charge in [-0.1, -0.05) is 54.6 Å². The molecule has 0 unspecified atom stereocenters. The molecule has 0 aliphatic rings. The molecule has 0 N–H and O–H groups in total. The average Bonchev–Trinajstić information content (AvgIpc) is 2.49. The Kier molecular flexibility index (Phi) is 7.55. The van der Waals surface area contributed by atoms with E-state index in [-0.39, 0.29) is 18.4 Å². The largest absolute Gasteiger partial charge is 0.466 e. The maximum atomic E-state index is 11.3. The van der Waals surface area contributed by atoms with E-state index in [4.69, 9.17) is 4.74 Å². The average molecular weight is 305 g/mol. The Hall–Kier alpha value is -1.80. The summed E-state index contributed by atoms with van der Waals surface area (Å²) in [6.07, 6.45) is 2.24. The van der Waals surface area contributed by atoms with Gasteiger partial charge in [-0.15, -0.1) is 12.4 Å². The molecule has 2 rings (SSSR count). The molecule has 0 aliphatic carbocycles. The van der Waals surface area contributed by atoms with Gasteiger partial charge in [-0.2, -0.15) is 0 Å². The van der Waals surface area contributed by atoms with Crippen LogP contribution in [0.1, 0.15) is 25.3 Å². The number of esters is 1. The van der Waals surface area contributed by atoms with Crippen LogP contribution in [0.3, 0.4) is 0 Å². The molecule has 0 saturated carbocycles. The zero-order valence-corrected chi connectivity index (χ0v) is 13.1. The van der Waals surface area contributed by atoms with Crippen LogP contribution in [-0.4, -0.2) is 12.6 Å². The molecule has 0 aliphatic heterocycles. The number of carbonyl (C=O) groups excluding carboxylic acids is 1. The van der Waals surface area contributed by atoms with Crippen molar-refractivity contribution >= 4 is 18.4 Å². The maximum absolute atomic E-state index is 11.3. The number of aryl methyl sites for hydroxylation is 1. The molecule has 2 nitrogen and oxygen atoms in total. The van der Waals surface area contributed by atoms with Gasteiger partial charge in [0.15, 0.2) is 0 Å². The Balaban J connectivity index is 0.00000220. The fourth-order valence-electron chi connectivity index (χ4n) is 2.16. The van der Waals surface area contributed by atoms with E-state index in [1.54, 1.807) is 0 Å². The first kappa shape index (κ1) is 17.3. The summed E-state index contributed by atoms with van der Waals surface area (Å²) in [6, 6.07) is 18.9. The third-order valence-corrected chi connectivity index (χ3v) is 3.21. The Bertz CT molecular complexity index is 535. The highest BCUT2D eigenvalue weighted by Crippen LogP contribution is 2.19. The molecule has 0 aromatic heterocycles. The van der Waals surface area contributed by atoms with E-state index in [0.29, 0.717) is 13.0 Å². The van der Waals surface area contributed by atoms with E-state index in [2.05, 4.69) is 36.4 Å². The fourth-order valence-corrected chi connectivity index (χ4v) is 2.16. The second-order valence-corrected chi connectivity index (χ2v) is 4.72. The predicted molar refractivity (Wildman–Crippen MR) is 88.7 cm³/mol. The van der Waals surface area contributed by atoms with Crippen molar-refractivity contribution in [3.63, 3.8) is 0 Å². The minimum Gasteiger partial charge on any atom is -0.466 e. The fraction of sp³-hybridized carbons (Fsp3) is 0.278. The summed E-state index contributed by atoms with van der Waals surface area (Å²) in [5, 5.41) is 0. The highest BCUT2D eigenvalue weighted by Gasteiger charge is 2.02. The van der Waals surface area contributed by atoms with Gasteiger partial charge in [0.1, 0.15) is 0 Å². The van der Waals surface area contributed by atoms with Crippen LogP contribution < -0.4 is 0 Å². The van der Waals surface area contributed by atoms with E-state index >= 15 is 0 Å². The van der Waals surface area contributed by atoms with Gasteiger partial charge in [-0.3, -0.25) is 4.79 Å². The number of hydrogen-bond donors (Lipinski definition) is 0. The monoisotopic (exact) mass is 304 g/mol. The molecule has 0 saturated heterocycles. The first-order valence-corrected chi connectivity index (χ1v) is 7.09. The molecule has 0 spiro atoms. The minimum atomic E-state index is -0.103. The normalized spacial score (nSPS) is 9.76.